The number of hydrogen-bond acceptors (Lipinski definition) is 4. The number of anilines is 6. The third-order valence-electron chi connectivity index (χ3n) is 15.1. The van der Waals surface area contributed by atoms with Gasteiger partial charge in [-0.2, -0.15) is 0 Å². The Labute approximate surface area is 445 Å². The van der Waals surface area contributed by atoms with E-state index in [4.69, 9.17) is 8.83 Å². The maximum absolute atomic E-state index is 6.44. The zero-order chi connectivity index (χ0) is 50.8. The second kappa shape index (κ2) is 18.2. The minimum Gasteiger partial charge on any atom is -0.456 e. The molecule has 3 heterocycles. The first-order valence-corrected chi connectivity index (χ1v) is 26.1. The number of para-hydroxylation sites is 4. The van der Waals surface area contributed by atoms with Crippen LogP contribution in [0.1, 0.15) is 0 Å². The summed E-state index contributed by atoms with van der Waals surface area (Å²) in [5.41, 5.74) is 19.7. The highest BCUT2D eigenvalue weighted by atomic mass is 16.3. The largest absolute Gasteiger partial charge is 0.456 e. The molecule has 0 fully saturated rings. The van der Waals surface area contributed by atoms with Crippen molar-refractivity contribution in [3.05, 3.63) is 285 Å². The van der Waals surface area contributed by atoms with E-state index in [0.717, 1.165) is 111 Å². The first-order valence-electron chi connectivity index (χ1n) is 26.1. The molecular weight excluding hydrogens is 939 g/mol. The molecule has 0 saturated carbocycles. The van der Waals surface area contributed by atoms with Gasteiger partial charge in [-0.1, -0.05) is 164 Å². The molecule has 15 aromatic rings. The van der Waals surface area contributed by atoms with Crippen molar-refractivity contribution in [3.8, 4) is 39.1 Å². The quantitative estimate of drug-likeness (QED) is 0.137. The van der Waals surface area contributed by atoms with E-state index in [0.29, 0.717) is 0 Å². The summed E-state index contributed by atoms with van der Waals surface area (Å²) in [4.78, 5) is 4.79. The van der Waals surface area contributed by atoms with E-state index in [1.807, 2.05) is 24.3 Å². The summed E-state index contributed by atoms with van der Waals surface area (Å²) >= 11 is 0. The molecule has 5 nitrogen and oxygen atoms in total. The predicted octanol–water partition coefficient (Wildman–Crippen LogP) is 20.5. The molecule has 0 bridgehead atoms. The van der Waals surface area contributed by atoms with Gasteiger partial charge >= 0.3 is 0 Å². The SMILES string of the molecule is c1ccc(-c2ccc(N(c3cc(-c4ccc5c(c4)c4ccccc4n5-c4ccccc4)cc(N(c4ccc(-c5ccccc5)cc4)c4ccc5oc6ccccc6c5c4)c3)c3ccc4oc5ccccc5c4c3)cc2)cc1. The average Bonchev–Trinajstić information content (AvgIpc) is 4.25. The van der Waals surface area contributed by atoms with Crippen LogP contribution >= 0.6 is 0 Å². The van der Waals surface area contributed by atoms with Crippen LogP contribution in [0, 0.1) is 0 Å². The van der Waals surface area contributed by atoms with E-state index in [-0.39, 0.29) is 0 Å². The second-order valence-corrected chi connectivity index (χ2v) is 19.7. The monoisotopic (exact) mass is 985 g/mol. The number of furan rings is 2. The Morgan fingerprint density at radius 3 is 1.16 bits per heavy atom. The van der Waals surface area contributed by atoms with Gasteiger partial charge in [0.1, 0.15) is 22.3 Å². The minimum atomic E-state index is 0.846. The fourth-order valence-corrected chi connectivity index (χ4v) is 11.5. The van der Waals surface area contributed by atoms with Crippen molar-refractivity contribution >= 4 is 99.8 Å². The zero-order valence-corrected chi connectivity index (χ0v) is 41.8. The van der Waals surface area contributed by atoms with Gasteiger partial charge in [0.15, 0.2) is 0 Å². The lowest BCUT2D eigenvalue weighted by atomic mass is 9.99. The third-order valence-corrected chi connectivity index (χ3v) is 15.1. The van der Waals surface area contributed by atoms with Crippen LogP contribution in [0.25, 0.3) is 105 Å². The Hall–Kier alpha value is -10.4. The van der Waals surface area contributed by atoms with E-state index >= 15 is 0 Å². The van der Waals surface area contributed by atoms with Crippen LogP contribution in [-0.2, 0) is 0 Å². The summed E-state index contributed by atoms with van der Waals surface area (Å²) in [6.07, 6.45) is 0. The Kier molecular flexibility index (Phi) is 10.5. The molecule has 0 atom stereocenters. The Bertz CT molecular complexity index is 4450. The number of benzene rings is 12. The summed E-state index contributed by atoms with van der Waals surface area (Å²) in [6, 6.07) is 102. The molecular formula is C72H47N3O2. The number of fused-ring (bicyclic) bond motifs is 9. The number of rotatable bonds is 10. The lowest BCUT2D eigenvalue weighted by molar-refractivity contribution is 0.668. The second-order valence-electron chi connectivity index (χ2n) is 19.7. The van der Waals surface area contributed by atoms with E-state index in [2.05, 4.69) is 275 Å². The molecule has 0 aliphatic carbocycles. The Morgan fingerprint density at radius 2 is 0.623 bits per heavy atom. The highest BCUT2D eigenvalue weighted by Crippen LogP contribution is 2.47. The molecule has 0 saturated heterocycles. The Balaban J connectivity index is 0.996. The third kappa shape index (κ3) is 7.71. The predicted molar refractivity (Wildman–Crippen MR) is 321 cm³/mol. The van der Waals surface area contributed by atoms with Gasteiger partial charge in [-0.05, 0) is 155 Å². The molecule has 12 aromatic carbocycles. The van der Waals surface area contributed by atoms with Gasteiger partial charge in [0.05, 0.1) is 11.0 Å². The van der Waals surface area contributed by atoms with Crippen molar-refractivity contribution in [2.24, 2.45) is 0 Å². The summed E-state index contributed by atoms with van der Waals surface area (Å²) in [5, 5.41) is 6.65. The van der Waals surface area contributed by atoms with Crippen molar-refractivity contribution in [1.82, 2.24) is 4.57 Å². The fourth-order valence-electron chi connectivity index (χ4n) is 11.5. The normalized spacial score (nSPS) is 11.6. The molecule has 3 aromatic heterocycles. The first-order chi connectivity index (χ1) is 38.1. The van der Waals surface area contributed by atoms with E-state index in [1.54, 1.807) is 0 Å². The number of aromatic nitrogens is 1. The van der Waals surface area contributed by atoms with E-state index < -0.39 is 0 Å². The molecule has 0 spiro atoms. The lowest BCUT2D eigenvalue weighted by Gasteiger charge is -2.30. The topological polar surface area (TPSA) is 37.7 Å². The molecule has 0 N–H and O–H groups in total. The lowest BCUT2D eigenvalue weighted by Crippen LogP contribution is -2.13. The van der Waals surface area contributed by atoms with Crippen LogP contribution in [0.15, 0.2) is 294 Å². The summed E-state index contributed by atoms with van der Waals surface area (Å²) < 4.78 is 15.3. The van der Waals surface area contributed by atoms with E-state index in [9.17, 15) is 0 Å². The maximum atomic E-state index is 6.44. The molecule has 77 heavy (non-hydrogen) atoms. The van der Waals surface area contributed by atoms with Crippen LogP contribution in [0.2, 0.25) is 0 Å². The van der Waals surface area contributed by atoms with Gasteiger partial charge in [-0.25, -0.2) is 0 Å². The highest BCUT2D eigenvalue weighted by molar-refractivity contribution is 6.11. The molecule has 0 amide bonds. The van der Waals surface area contributed by atoms with E-state index in [1.165, 1.54) is 27.4 Å². The van der Waals surface area contributed by atoms with Gasteiger partial charge in [0.25, 0.3) is 0 Å². The van der Waals surface area contributed by atoms with Crippen LogP contribution in [-0.4, -0.2) is 4.57 Å². The summed E-state index contributed by atoms with van der Waals surface area (Å²) in [5.74, 6) is 0. The minimum absolute atomic E-state index is 0.846. The molecule has 0 aliphatic heterocycles. The fraction of sp³-hybridized carbons (Fsp3) is 0. The zero-order valence-electron chi connectivity index (χ0n) is 41.8. The van der Waals surface area contributed by atoms with Gasteiger partial charge in [0, 0.05) is 72.1 Å². The van der Waals surface area contributed by atoms with Gasteiger partial charge in [-0.3, -0.25) is 0 Å². The molecule has 15 rings (SSSR count). The standard InChI is InChI=1S/C72H47N3O2/c1-4-16-48(17-5-1)50-28-33-55(34-29-50)73(57-37-40-71-65(46-57)62-23-11-14-26-69(62)76-71)59-42-53(52-32-39-68-64(44-52)61-22-10-13-25-67(61)75(68)54-20-8-3-9-21-54)43-60(45-59)74(56-35-30-51(31-36-56)49-18-6-2-7-19-49)58-38-41-72-66(47-58)63-24-12-15-27-70(63)77-72/h1-47H. The van der Waals surface area contributed by atoms with Crippen molar-refractivity contribution in [3.63, 3.8) is 0 Å². The van der Waals surface area contributed by atoms with Crippen molar-refractivity contribution in [2.75, 3.05) is 9.80 Å². The van der Waals surface area contributed by atoms with Gasteiger partial charge in [0.2, 0.25) is 0 Å². The molecule has 362 valence electrons. The van der Waals surface area contributed by atoms with Crippen LogP contribution in [0.3, 0.4) is 0 Å². The van der Waals surface area contributed by atoms with Gasteiger partial charge < -0.3 is 23.2 Å². The van der Waals surface area contributed by atoms with Crippen molar-refractivity contribution in [1.29, 1.82) is 0 Å². The van der Waals surface area contributed by atoms with Crippen LogP contribution in [0.5, 0.6) is 0 Å². The van der Waals surface area contributed by atoms with Crippen LogP contribution < -0.4 is 9.80 Å². The highest BCUT2D eigenvalue weighted by Gasteiger charge is 2.23. The molecule has 0 radical (unpaired) electrons. The van der Waals surface area contributed by atoms with Crippen LogP contribution in [0.4, 0.5) is 34.1 Å². The molecule has 0 aliphatic rings. The Morgan fingerprint density at radius 1 is 0.221 bits per heavy atom. The molecule has 0 unspecified atom stereocenters. The van der Waals surface area contributed by atoms with Crippen molar-refractivity contribution < 1.29 is 8.83 Å². The molecule has 5 heteroatoms. The smallest absolute Gasteiger partial charge is 0.135 e. The number of nitrogens with zero attached hydrogens (tertiary/aromatic N) is 3. The van der Waals surface area contributed by atoms with Crippen molar-refractivity contribution in [2.45, 2.75) is 0 Å². The maximum Gasteiger partial charge on any atom is 0.135 e. The summed E-state index contributed by atoms with van der Waals surface area (Å²) in [7, 11) is 0. The summed E-state index contributed by atoms with van der Waals surface area (Å²) in [6.45, 7) is 0. The first kappa shape index (κ1) is 44.2. The van der Waals surface area contributed by atoms with Gasteiger partial charge in [-0.15, -0.1) is 0 Å². The average molecular weight is 986 g/mol. The number of hydrogen-bond donors (Lipinski definition) is 0.